The molecule has 1 atom stereocenters. The maximum absolute atomic E-state index is 5.73. The molecule has 0 amide bonds. The Morgan fingerprint density at radius 1 is 1.00 bits per heavy atom. The van der Waals surface area contributed by atoms with Crippen LogP contribution < -0.4 is 11.3 Å². The molecule has 2 aromatic heterocycles. The van der Waals surface area contributed by atoms with Crippen LogP contribution in [0.1, 0.15) is 17.2 Å². The molecule has 3 rings (SSSR count). The highest BCUT2D eigenvalue weighted by atomic mass is 15.2. The van der Waals surface area contributed by atoms with E-state index >= 15 is 0 Å². The van der Waals surface area contributed by atoms with E-state index in [-0.39, 0.29) is 6.04 Å². The highest BCUT2D eigenvalue weighted by Gasteiger charge is 2.15. The van der Waals surface area contributed by atoms with Crippen molar-refractivity contribution in [3.63, 3.8) is 0 Å². The number of benzene rings is 1. The van der Waals surface area contributed by atoms with Gasteiger partial charge >= 0.3 is 0 Å². The predicted octanol–water partition coefficient (Wildman–Crippen LogP) is 2.18. The molecule has 0 aliphatic rings. The average molecular weight is 250 g/mol. The van der Waals surface area contributed by atoms with Crippen LogP contribution in [0.5, 0.6) is 0 Å². The summed E-state index contributed by atoms with van der Waals surface area (Å²) in [6.07, 6.45) is 5.37. The molecule has 0 aliphatic heterocycles. The number of nitrogens with one attached hydrogen (secondary N) is 1. The predicted molar refractivity (Wildman–Crippen MR) is 75.1 cm³/mol. The molecular formula is C15H14N4. The van der Waals surface area contributed by atoms with Gasteiger partial charge in [-0.1, -0.05) is 24.3 Å². The second-order valence-electron chi connectivity index (χ2n) is 4.30. The summed E-state index contributed by atoms with van der Waals surface area (Å²) in [4.78, 5) is 8.52. The molecule has 4 heteroatoms. The van der Waals surface area contributed by atoms with Crippen molar-refractivity contribution in [2.24, 2.45) is 5.84 Å². The van der Waals surface area contributed by atoms with Gasteiger partial charge in [0.05, 0.1) is 11.6 Å². The molecule has 0 saturated carbocycles. The van der Waals surface area contributed by atoms with Gasteiger partial charge in [0.15, 0.2) is 0 Å². The number of aromatic nitrogens is 2. The Bertz CT molecular complexity index is 677. The summed E-state index contributed by atoms with van der Waals surface area (Å²) in [5.74, 6) is 5.73. The zero-order chi connectivity index (χ0) is 13.1. The summed E-state index contributed by atoms with van der Waals surface area (Å²) in [6, 6.07) is 13.8. The van der Waals surface area contributed by atoms with Crippen LogP contribution in [0.15, 0.2) is 61.1 Å². The molecule has 0 radical (unpaired) electrons. The number of nitrogens with zero attached hydrogens (tertiary/aromatic N) is 2. The van der Waals surface area contributed by atoms with E-state index in [0.717, 1.165) is 22.0 Å². The van der Waals surface area contributed by atoms with Crippen molar-refractivity contribution in [2.45, 2.75) is 6.04 Å². The van der Waals surface area contributed by atoms with E-state index in [4.69, 9.17) is 5.84 Å². The van der Waals surface area contributed by atoms with Gasteiger partial charge in [0.25, 0.3) is 0 Å². The third-order valence-electron chi connectivity index (χ3n) is 3.18. The van der Waals surface area contributed by atoms with Gasteiger partial charge in [-0.3, -0.25) is 15.8 Å². The molecule has 1 aromatic carbocycles. The van der Waals surface area contributed by atoms with Crippen molar-refractivity contribution in [3.8, 4) is 0 Å². The van der Waals surface area contributed by atoms with Gasteiger partial charge in [-0.05, 0) is 29.3 Å². The first-order valence-electron chi connectivity index (χ1n) is 6.10. The molecule has 3 N–H and O–H groups in total. The monoisotopic (exact) mass is 250 g/mol. The van der Waals surface area contributed by atoms with E-state index in [1.165, 1.54) is 0 Å². The smallest absolute Gasteiger partial charge is 0.0732 e. The van der Waals surface area contributed by atoms with E-state index in [9.17, 15) is 0 Å². The van der Waals surface area contributed by atoms with Crippen molar-refractivity contribution in [2.75, 3.05) is 0 Å². The number of rotatable bonds is 3. The minimum absolute atomic E-state index is 0.0957. The molecule has 94 valence electrons. The number of hydrogen-bond acceptors (Lipinski definition) is 4. The fourth-order valence-electron chi connectivity index (χ4n) is 2.28. The summed E-state index contributed by atoms with van der Waals surface area (Å²) in [6.45, 7) is 0. The third-order valence-corrected chi connectivity index (χ3v) is 3.18. The van der Waals surface area contributed by atoms with Crippen molar-refractivity contribution in [3.05, 3.63) is 72.2 Å². The van der Waals surface area contributed by atoms with E-state index < -0.39 is 0 Å². The number of hydrogen-bond donors (Lipinski definition) is 2. The second-order valence-corrected chi connectivity index (χ2v) is 4.30. The number of nitrogens with two attached hydrogens (primary N) is 1. The first kappa shape index (κ1) is 11.8. The third kappa shape index (κ3) is 2.19. The molecular weight excluding hydrogens is 236 g/mol. The van der Waals surface area contributed by atoms with Gasteiger partial charge in [0.1, 0.15) is 0 Å². The normalized spacial score (nSPS) is 12.5. The number of fused-ring (bicyclic) bond motifs is 1. The lowest BCUT2D eigenvalue weighted by atomic mass is 9.97. The Labute approximate surface area is 111 Å². The van der Waals surface area contributed by atoms with Crippen molar-refractivity contribution >= 4 is 10.9 Å². The van der Waals surface area contributed by atoms with Crippen LogP contribution in [-0.4, -0.2) is 9.97 Å². The van der Waals surface area contributed by atoms with Gasteiger partial charge in [0.2, 0.25) is 0 Å². The Morgan fingerprint density at radius 3 is 2.68 bits per heavy atom. The van der Waals surface area contributed by atoms with Crippen LogP contribution in [-0.2, 0) is 0 Å². The first-order chi connectivity index (χ1) is 9.40. The molecule has 2 heterocycles. The van der Waals surface area contributed by atoms with Crippen LogP contribution in [0, 0.1) is 0 Å². The van der Waals surface area contributed by atoms with Gasteiger partial charge in [-0.2, -0.15) is 0 Å². The standard InChI is InChI=1S/C15H14N4/c16-19-15(11-4-3-8-17-10-11)13-7-9-18-14-6-2-1-5-12(13)14/h1-10,15,19H,16H2. The molecule has 4 nitrogen and oxygen atoms in total. The van der Waals surface area contributed by atoms with Crippen LogP contribution in [0.4, 0.5) is 0 Å². The average Bonchev–Trinajstić information content (AvgIpc) is 2.49. The number of pyridine rings is 2. The van der Waals surface area contributed by atoms with Crippen LogP contribution in [0.25, 0.3) is 10.9 Å². The van der Waals surface area contributed by atoms with Gasteiger partial charge in [-0.25, -0.2) is 5.43 Å². The molecule has 0 saturated heterocycles. The summed E-state index contributed by atoms with van der Waals surface area (Å²) in [5, 5.41) is 1.09. The fraction of sp³-hybridized carbons (Fsp3) is 0.0667. The molecule has 3 aromatic rings. The van der Waals surface area contributed by atoms with E-state index in [0.29, 0.717) is 0 Å². The lowest BCUT2D eigenvalue weighted by molar-refractivity contribution is 0.638. The second kappa shape index (κ2) is 5.14. The lowest BCUT2D eigenvalue weighted by Gasteiger charge is -2.18. The summed E-state index contributed by atoms with van der Waals surface area (Å²) in [5.41, 5.74) is 5.95. The summed E-state index contributed by atoms with van der Waals surface area (Å²) in [7, 11) is 0. The zero-order valence-corrected chi connectivity index (χ0v) is 10.3. The van der Waals surface area contributed by atoms with E-state index in [1.54, 1.807) is 12.4 Å². The highest BCUT2D eigenvalue weighted by Crippen LogP contribution is 2.26. The summed E-state index contributed by atoms with van der Waals surface area (Å²) >= 11 is 0. The maximum Gasteiger partial charge on any atom is 0.0732 e. The zero-order valence-electron chi connectivity index (χ0n) is 10.3. The largest absolute Gasteiger partial charge is 0.271 e. The first-order valence-corrected chi connectivity index (χ1v) is 6.10. The Kier molecular flexibility index (Phi) is 3.18. The molecule has 0 bridgehead atoms. The van der Waals surface area contributed by atoms with Crippen molar-refractivity contribution in [1.29, 1.82) is 0 Å². The topological polar surface area (TPSA) is 63.8 Å². The number of hydrazine groups is 1. The van der Waals surface area contributed by atoms with Gasteiger partial charge in [-0.15, -0.1) is 0 Å². The minimum Gasteiger partial charge on any atom is -0.271 e. The molecule has 0 spiro atoms. The van der Waals surface area contributed by atoms with Crippen LogP contribution in [0.3, 0.4) is 0 Å². The fourth-order valence-corrected chi connectivity index (χ4v) is 2.28. The van der Waals surface area contributed by atoms with Crippen LogP contribution in [0.2, 0.25) is 0 Å². The quantitative estimate of drug-likeness (QED) is 0.552. The highest BCUT2D eigenvalue weighted by molar-refractivity contribution is 5.82. The SMILES string of the molecule is NNC(c1cccnc1)c1ccnc2ccccc12. The maximum atomic E-state index is 5.73. The molecule has 1 unspecified atom stereocenters. The summed E-state index contributed by atoms with van der Waals surface area (Å²) < 4.78 is 0. The Balaban J connectivity index is 2.17. The van der Waals surface area contributed by atoms with Crippen molar-refractivity contribution < 1.29 is 0 Å². The van der Waals surface area contributed by atoms with Crippen molar-refractivity contribution in [1.82, 2.24) is 15.4 Å². The lowest BCUT2D eigenvalue weighted by Crippen LogP contribution is -2.29. The Morgan fingerprint density at radius 2 is 1.89 bits per heavy atom. The molecule has 0 fully saturated rings. The van der Waals surface area contributed by atoms with E-state index in [2.05, 4.69) is 21.5 Å². The minimum atomic E-state index is -0.0957. The van der Waals surface area contributed by atoms with Gasteiger partial charge < -0.3 is 0 Å². The van der Waals surface area contributed by atoms with E-state index in [1.807, 2.05) is 42.6 Å². The number of para-hydroxylation sites is 1. The van der Waals surface area contributed by atoms with Crippen LogP contribution >= 0.6 is 0 Å². The Hall–Kier alpha value is -2.30. The molecule has 0 aliphatic carbocycles. The molecule has 19 heavy (non-hydrogen) atoms. The van der Waals surface area contributed by atoms with Gasteiger partial charge in [0, 0.05) is 24.0 Å².